The summed E-state index contributed by atoms with van der Waals surface area (Å²) in [5, 5.41) is 0. The number of fused-ring (bicyclic) bond motifs is 1. The van der Waals surface area contributed by atoms with Gasteiger partial charge in [-0.1, -0.05) is 48.0 Å². The van der Waals surface area contributed by atoms with E-state index < -0.39 is 0 Å². The SMILES string of the molecule is Cc1ccc(CC(NN)c2ccc3c(c2)CCC3)cc1. The van der Waals surface area contributed by atoms with Crippen LogP contribution < -0.4 is 11.3 Å². The molecule has 2 aromatic rings. The zero-order chi connectivity index (χ0) is 13.9. The maximum absolute atomic E-state index is 5.78. The molecule has 0 radical (unpaired) electrons. The van der Waals surface area contributed by atoms with Crippen molar-refractivity contribution in [3.63, 3.8) is 0 Å². The second-order valence-electron chi connectivity index (χ2n) is 5.79. The molecular weight excluding hydrogens is 244 g/mol. The third kappa shape index (κ3) is 2.77. The largest absolute Gasteiger partial charge is 0.271 e. The molecule has 1 aliphatic carbocycles. The molecule has 0 fully saturated rings. The van der Waals surface area contributed by atoms with Gasteiger partial charge in [-0.2, -0.15) is 0 Å². The molecule has 0 amide bonds. The van der Waals surface area contributed by atoms with E-state index >= 15 is 0 Å². The Kier molecular flexibility index (Phi) is 3.86. The molecule has 3 rings (SSSR count). The van der Waals surface area contributed by atoms with Crippen LogP contribution in [0.15, 0.2) is 42.5 Å². The number of nitrogens with two attached hydrogens (primary N) is 1. The highest BCUT2D eigenvalue weighted by Gasteiger charge is 2.15. The summed E-state index contributed by atoms with van der Waals surface area (Å²) in [6.45, 7) is 2.11. The van der Waals surface area contributed by atoms with Crippen molar-refractivity contribution in [3.8, 4) is 0 Å². The van der Waals surface area contributed by atoms with Crippen LogP contribution in [0, 0.1) is 6.92 Å². The Bertz CT molecular complexity index is 587. The number of rotatable bonds is 4. The predicted octanol–water partition coefficient (Wildman–Crippen LogP) is 3.23. The lowest BCUT2D eigenvalue weighted by Crippen LogP contribution is -2.29. The molecule has 1 aliphatic rings. The van der Waals surface area contributed by atoms with E-state index in [1.54, 1.807) is 0 Å². The second-order valence-corrected chi connectivity index (χ2v) is 5.79. The Hall–Kier alpha value is -1.64. The van der Waals surface area contributed by atoms with Crippen molar-refractivity contribution in [1.29, 1.82) is 0 Å². The van der Waals surface area contributed by atoms with E-state index in [1.807, 2.05) is 0 Å². The summed E-state index contributed by atoms with van der Waals surface area (Å²) in [4.78, 5) is 0. The minimum Gasteiger partial charge on any atom is -0.271 e. The summed E-state index contributed by atoms with van der Waals surface area (Å²) >= 11 is 0. The molecule has 2 aromatic carbocycles. The molecule has 0 aromatic heterocycles. The maximum Gasteiger partial charge on any atom is 0.0500 e. The van der Waals surface area contributed by atoms with Crippen molar-refractivity contribution in [2.45, 2.75) is 38.6 Å². The highest BCUT2D eigenvalue weighted by Crippen LogP contribution is 2.26. The van der Waals surface area contributed by atoms with Crippen LogP contribution in [0.3, 0.4) is 0 Å². The van der Waals surface area contributed by atoms with Gasteiger partial charge >= 0.3 is 0 Å². The van der Waals surface area contributed by atoms with Gasteiger partial charge in [-0.05, 0) is 54.9 Å². The third-order valence-electron chi connectivity index (χ3n) is 4.29. The zero-order valence-electron chi connectivity index (χ0n) is 12.0. The van der Waals surface area contributed by atoms with Gasteiger partial charge in [0, 0.05) is 6.04 Å². The molecule has 3 N–H and O–H groups in total. The van der Waals surface area contributed by atoms with Gasteiger partial charge in [-0.3, -0.25) is 11.3 Å². The Morgan fingerprint density at radius 2 is 1.80 bits per heavy atom. The molecule has 20 heavy (non-hydrogen) atoms. The van der Waals surface area contributed by atoms with Crippen molar-refractivity contribution >= 4 is 0 Å². The number of benzene rings is 2. The highest BCUT2D eigenvalue weighted by molar-refractivity contribution is 5.37. The molecule has 0 bridgehead atoms. The van der Waals surface area contributed by atoms with Crippen molar-refractivity contribution in [1.82, 2.24) is 5.43 Å². The zero-order valence-corrected chi connectivity index (χ0v) is 12.0. The fourth-order valence-electron chi connectivity index (χ4n) is 3.04. The van der Waals surface area contributed by atoms with Crippen molar-refractivity contribution in [2.24, 2.45) is 5.84 Å². The van der Waals surface area contributed by atoms with Gasteiger partial charge in [0.05, 0.1) is 0 Å². The van der Waals surface area contributed by atoms with E-state index in [9.17, 15) is 0 Å². The average molecular weight is 266 g/mol. The lowest BCUT2D eigenvalue weighted by Gasteiger charge is -2.18. The number of aryl methyl sites for hydroxylation is 3. The quantitative estimate of drug-likeness (QED) is 0.658. The first-order chi connectivity index (χ1) is 9.76. The summed E-state index contributed by atoms with van der Waals surface area (Å²) in [6, 6.07) is 15.7. The molecule has 2 nitrogen and oxygen atoms in total. The van der Waals surface area contributed by atoms with Gasteiger partial charge in [0.1, 0.15) is 0 Å². The van der Waals surface area contributed by atoms with Crippen LogP contribution in [0.4, 0.5) is 0 Å². The molecule has 0 saturated carbocycles. The van der Waals surface area contributed by atoms with Crippen LogP contribution in [0.25, 0.3) is 0 Å². The van der Waals surface area contributed by atoms with E-state index in [-0.39, 0.29) is 6.04 Å². The maximum atomic E-state index is 5.78. The van der Waals surface area contributed by atoms with Crippen molar-refractivity contribution in [3.05, 3.63) is 70.3 Å². The first kappa shape index (κ1) is 13.3. The minimum absolute atomic E-state index is 0.184. The normalized spacial score (nSPS) is 15.1. The first-order valence-electron chi connectivity index (χ1n) is 7.39. The first-order valence-corrected chi connectivity index (χ1v) is 7.39. The molecule has 1 unspecified atom stereocenters. The lowest BCUT2D eigenvalue weighted by atomic mass is 9.96. The Labute approximate surface area is 121 Å². The third-order valence-corrected chi connectivity index (χ3v) is 4.29. The standard InChI is InChI=1S/C18H22N2/c1-13-5-7-14(8-6-13)11-18(20-19)17-10-9-15-3-2-4-16(15)12-17/h5-10,12,18,20H,2-4,11,19H2,1H3. The predicted molar refractivity (Wildman–Crippen MR) is 83.4 cm³/mol. The van der Waals surface area contributed by atoms with Crippen LogP contribution in [0.5, 0.6) is 0 Å². The second kappa shape index (κ2) is 5.78. The summed E-state index contributed by atoms with van der Waals surface area (Å²) < 4.78 is 0. The van der Waals surface area contributed by atoms with Crippen LogP contribution in [0.2, 0.25) is 0 Å². The highest BCUT2D eigenvalue weighted by atomic mass is 15.2. The van der Waals surface area contributed by atoms with E-state index in [0.29, 0.717) is 0 Å². The van der Waals surface area contributed by atoms with Crippen molar-refractivity contribution < 1.29 is 0 Å². The minimum atomic E-state index is 0.184. The van der Waals surface area contributed by atoms with Gasteiger partial charge < -0.3 is 0 Å². The number of hydrogen-bond donors (Lipinski definition) is 2. The Morgan fingerprint density at radius 3 is 2.55 bits per heavy atom. The van der Waals surface area contributed by atoms with Crippen LogP contribution in [-0.2, 0) is 19.3 Å². The van der Waals surface area contributed by atoms with E-state index in [4.69, 9.17) is 5.84 Å². The fourth-order valence-corrected chi connectivity index (χ4v) is 3.04. The van der Waals surface area contributed by atoms with E-state index in [2.05, 4.69) is 54.8 Å². The van der Waals surface area contributed by atoms with Gasteiger partial charge in [0.25, 0.3) is 0 Å². The number of nitrogens with one attached hydrogen (secondary N) is 1. The van der Waals surface area contributed by atoms with Gasteiger partial charge in [0.2, 0.25) is 0 Å². The number of hydrogen-bond acceptors (Lipinski definition) is 2. The Balaban J connectivity index is 1.81. The lowest BCUT2D eigenvalue weighted by molar-refractivity contribution is 0.551. The van der Waals surface area contributed by atoms with E-state index in [0.717, 1.165) is 6.42 Å². The monoisotopic (exact) mass is 266 g/mol. The van der Waals surface area contributed by atoms with Crippen LogP contribution >= 0.6 is 0 Å². The molecule has 0 saturated heterocycles. The summed E-state index contributed by atoms with van der Waals surface area (Å²) in [7, 11) is 0. The van der Waals surface area contributed by atoms with Crippen molar-refractivity contribution in [2.75, 3.05) is 0 Å². The molecule has 104 valence electrons. The van der Waals surface area contributed by atoms with E-state index in [1.165, 1.54) is 47.1 Å². The van der Waals surface area contributed by atoms with Crippen LogP contribution in [-0.4, -0.2) is 0 Å². The summed E-state index contributed by atoms with van der Waals surface area (Å²) in [5.41, 5.74) is 9.91. The molecule has 0 heterocycles. The smallest absolute Gasteiger partial charge is 0.0500 e. The topological polar surface area (TPSA) is 38.0 Å². The summed E-state index contributed by atoms with van der Waals surface area (Å²) in [5.74, 6) is 5.78. The van der Waals surface area contributed by atoms with Gasteiger partial charge in [0.15, 0.2) is 0 Å². The molecule has 0 spiro atoms. The molecule has 0 aliphatic heterocycles. The molecular formula is C18H22N2. The Morgan fingerprint density at radius 1 is 1.05 bits per heavy atom. The average Bonchev–Trinajstić information content (AvgIpc) is 2.94. The fraction of sp³-hybridized carbons (Fsp3) is 0.333. The summed E-state index contributed by atoms with van der Waals surface area (Å²) in [6.07, 6.45) is 4.66. The number of hydrazine groups is 1. The van der Waals surface area contributed by atoms with Crippen LogP contribution in [0.1, 0.15) is 40.3 Å². The molecule has 2 heteroatoms. The van der Waals surface area contributed by atoms with Gasteiger partial charge in [-0.25, -0.2) is 0 Å². The molecule has 1 atom stereocenters. The van der Waals surface area contributed by atoms with Gasteiger partial charge in [-0.15, -0.1) is 0 Å².